The molecule has 1 aliphatic rings. The fourth-order valence-corrected chi connectivity index (χ4v) is 3.37. The Bertz CT molecular complexity index is 588. The van der Waals surface area contributed by atoms with Gasteiger partial charge in [0.05, 0.1) is 4.90 Å². The summed E-state index contributed by atoms with van der Waals surface area (Å²) in [5.74, 6) is 0.0585. The van der Waals surface area contributed by atoms with Crippen LogP contribution in [0.3, 0.4) is 0 Å². The number of piperidine rings is 1. The first kappa shape index (κ1) is 16.1. The van der Waals surface area contributed by atoms with E-state index in [1.54, 1.807) is 12.1 Å². The number of ketones is 1. The van der Waals surface area contributed by atoms with Crippen LogP contribution in [0.25, 0.3) is 0 Å². The van der Waals surface area contributed by atoms with E-state index < -0.39 is 10.0 Å². The van der Waals surface area contributed by atoms with E-state index in [-0.39, 0.29) is 16.7 Å². The predicted octanol–water partition coefficient (Wildman–Crippen LogP) is 1.65. The quantitative estimate of drug-likeness (QED) is 0.840. The van der Waals surface area contributed by atoms with Gasteiger partial charge in [0.1, 0.15) is 0 Å². The Morgan fingerprint density at radius 2 is 1.90 bits per heavy atom. The van der Waals surface area contributed by atoms with Crippen LogP contribution in [-0.4, -0.2) is 45.2 Å². The number of sulfonamides is 1. The van der Waals surface area contributed by atoms with Gasteiger partial charge in [0.25, 0.3) is 0 Å². The summed E-state index contributed by atoms with van der Waals surface area (Å²) >= 11 is 0. The Kier molecular flexibility index (Phi) is 5.13. The number of nitrogens with one attached hydrogen (secondary N) is 1. The van der Waals surface area contributed by atoms with Gasteiger partial charge < -0.3 is 5.32 Å². The van der Waals surface area contributed by atoms with Gasteiger partial charge in [-0.05, 0) is 31.5 Å². The molecule has 0 aliphatic carbocycles. The third-order valence-corrected chi connectivity index (χ3v) is 5.63. The molecule has 6 heteroatoms. The van der Waals surface area contributed by atoms with Crippen molar-refractivity contribution in [3.63, 3.8) is 0 Å². The summed E-state index contributed by atoms with van der Waals surface area (Å²) in [6.07, 6.45) is 3.82. The van der Waals surface area contributed by atoms with Crippen molar-refractivity contribution >= 4 is 15.8 Å². The number of carbonyl (C=O) groups excluding carboxylic acids is 1. The molecule has 0 bridgehead atoms. The zero-order valence-corrected chi connectivity index (χ0v) is 13.3. The van der Waals surface area contributed by atoms with Gasteiger partial charge in [-0.25, -0.2) is 12.7 Å². The van der Waals surface area contributed by atoms with E-state index in [1.807, 2.05) is 0 Å². The molecule has 1 fully saturated rings. The molecule has 1 aromatic rings. The normalized spacial score (nSPS) is 19.7. The van der Waals surface area contributed by atoms with Gasteiger partial charge in [-0.1, -0.05) is 18.6 Å². The molecule has 0 radical (unpaired) electrons. The van der Waals surface area contributed by atoms with Gasteiger partial charge in [-0.3, -0.25) is 4.79 Å². The number of nitrogens with zero attached hydrogens (tertiary/aromatic N) is 1. The van der Waals surface area contributed by atoms with Gasteiger partial charge in [0.2, 0.25) is 10.0 Å². The highest BCUT2D eigenvalue weighted by Gasteiger charge is 2.20. The Hall–Kier alpha value is -1.24. The summed E-state index contributed by atoms with van der Waals surface area (Å²) in [5.41, 5.74) is 0.570. The van der Waals surface area contributed by atoms with Crippen LogP contribution in [0, 0.1) is 0 Å². The lowest BCUT2D eigenvalue weighted by Gasteiger charge is -2.22. The maximum absolute atomic E-state index is 12.2. The molecule has 1 unspecified atom stereocenters. The van der Waals surface area contributed by atoms with E-state index in [4.69, 9.17) is 0 Å². The summed E-state index contributed by atoms with van der Waals surface area (Å²) in [5, 5.41) is 3.35. The molecular formula is C15H22N2O3S. The van der Waals surface area contributed by atoms with E-state index in [1.165, 1.54) is 32.6 Å². The second-order valence-electron chi connectivity index (χ2n) is 5.59. The van der Waals surface area contributed by atoms with Gasteiger partial charge >= 0.3 is 0 Å². The maximum atomic E-state index is 12.2. The van der Waals surface area contributed by atoms with Crippen LogP contribution >= 0.6 is 0 Å². The molecule has 1 heterocycles. The Labute approximate surface area is 126 Å². The Morgan fingerprint density at radius 1 is 1.24 bits per heavy atom. The lowest BCUT2D eigenvalue weighted by atomic mass is 9.97. The first-order valence-corrected chi connectivity index (χ1v) is 8.64. The van der Waals surface area contributed by atoms with Crippen molar-refractivity contribution in [1.82, 2.24) is 9.62 Å². The minimum absolute atomic E-state index is 0.0585. The van der Waals surface area contributed by atoms with E-state index in [9.17, 15) is 13.2 Å². The van der Waals surface area contributed by atoms with Crippen LogP contribution < -0.4 is 5.32 Å². The number of Topliss-reactive ketones (excluding diaryl/α,β-unsaturated/α-hetero) is 1. The third-order valence-electron chi connectivity index (χ3n) is 3.80. The molecule has 0 spiro atoms. The molecule has 5 nitrogen and oxygen atoms in total. The summed E-state index contributed by atoms with van der Waals surface area (Å²) < 4.78 is 25.1. The highest BCUT2D eigenvalue weighted by Crippen LogP contribution is 2.17. The minimum Gasteiger partial charge on any atom is -0.314 e. The van der Waals surface area contributed by atoms with Crippen molar-refractivity contribution in [2.45, 2.75) is 36.6 Å². The first-order chi connectivity index (χ1) is 9.91. The third kappa shape index (κ3) is 3.90. The largest absolute Gasteiger partial charge is 0.314 e. The monoisotopic (exact) mass is 310 g/mol. The van der Waals surface area contributed by atoms with E-state index >= 15 is 0 Å². The van der Waals surface area contributed by atoms with Gasteiger partial charge in [0, 0.05) is 32.1 Å². The van der Waals surface area contributed by atoms with E-state index in [0.29, 0.717) is 12.0 Å². The van der Waals surface area contributed by atoms with Crippen molar-refractivity contribution in [2.75, 3.05) is 20.6 Å². The molecule has 21 heavy (non-hydrogen) atoms. The van der Waals surface area contributed by atoms with Crippen LogP contribution in [0.1, 0.15) is 36.0 Å². The van der Waals surface area contributed by atoms with Crippen LogP contribution in [-0.2, 0) is 10.0 Å². The van der Waals surface area contributed by atoms with Crippen LogP contribution in [0.5, 0.6) is 0 Å². The molecule has 0 amide bonds. The standard InChI is InChI=1S/C15H22N2O3S/c1-17(2)21(19,20)14-8-6-12(7-9-14)15(18)11-13-5-3-4-10-16-13/h6-9,13,16H,3-5,10-11H2,1-2H3. The highest BCUT2D eigenvalue weighted by molar-refractivity contribution is 7.89. The zero-order chi connectivity index (χ0) is 15.5. The summed E-state index contributed by atoms with van der Waals surface area (Å²) in [7, 11) is -0.458. The lowest BCUT2D eigenvalue weighted by molar-refractivity contribution is 0.0963. The van der Waals surface area contributed by atoms with Crippen molar-refractivity contribution in [3.8, 4) is 0 Å². The first-order valence-electron chi connectivity index (χ1n) is 7.20. The van der Waals surface area contributed by atoms with Crippen molar-refractivity contribution < 1.29 is 13.2 Å². The van der Waals surface area contributed by atoms with Gasteiger partial charge in [-0.2, -0.15) is 0 Å². The van der Waals surface area contributed by atoms with Gasteiger partial charge in [-0.15, -0.1) is 0 Å². The highest BCUT2D eigenvalue weighted by atomic mass is 32.2. The van der Waals surface area contributed by atoms with Crippen LogP contribution in [0.15, 0.2) is 29.2 Å². The second-order valence-corrected chi connectivity index (χ2v) is 7.74. The molecular weight excluding hydrogens is 288 g/mol. The second kappa shape index (κ2) is 6.68. The molecule has 1 aliphatic heterocycles. The van der Waals surface area contributed by atoms with E-state index in [2.05, 4.69) is 5.32 Å². The average molecular weight is 310 g/mol. The van der Waals surface area contributed by atoms with E-state index in [0.717, 1.165) is 23.7 Å². The van der Waals surface area contributed by atoms with Crippen molar-refractivity contribution in [1.29, 1.82) is 0 Å². The minimum atomic E-state index is -3.44. The van der Waals surface area contributed by atoms with Crippen LogP contribution in [0.2, 0.25) is 0 Å². The fraction of sp³-hybridized carbons (Fsp3) is 0.533. The van der Waals surface area contributed by atoms with Crippen LogP contribution in [0.4, 0.5) is 0 Å². The van der Waals surface area contributed by atoms with Crippen molar-refractivity contribution in [3.05, 3.63) is 29.8 Å². The molecule has 1 saturated heterocycles. The summed E-state index contributed by atoms with van der Waals surface area (Å²) in [4.78, 5) is 12.4. The topological polar surface area (TPSA) is 66.5 Å². The smallest absolute Gasteiger partial charge is 0.242 e. The average Bonchev–Trinajstić information content (AvgIpc) is 2.48. The molecule has 0 saturated carbocycles. The van der Waals surface area contributed by atoms with Gasteiger partial charge in [0.15, 0.2) is 5.78 Å². The molecule has 116 valence electrons. The number of hydrogen-bond acceptors (Lipinski definition) is 4. The maximum Gasteiger partial charge on any atom is 0.242 e. The molecule has 2 rings (SSSR count). The molecule has 1 aromatic carbocycles. The predicted molar refractivity (Wildman–Crippen MR) is 81.9 cm³/mol. The summed E-state index contributed by atoms with van der Waals surface area (Å²) in [6, 6.07) is 6.44. The lowest BCUT2D eigenvalue weighted by Crippen LogP contribution is -2.35. The molecule has 1 atom stereocenters. The molecule has 1 N–H and O–H groups in total. The number of hydrogen-bond donors (Lipinski definition) is 1. The Balaban J connectivity index is 2.06. The molecule has 0 aromatic heterocycles. The Morgan fingerprint density at radius 3 is 2.43 bits per heavy atom. The zero-order valence-electron chi connectivity index (χ0n) is 12.5. The summed E-state index contributed by atoms with van der Waals surface area (Å²) in [6.45, 7) is 0.970. The van der Waals surface area contributed by atoms with Crippen molar-refractivity contribution in [2.24, 2.45) is 0 Å². The fourth-order valence-electron chi connectivity index (χ4n) is 2.46. The SMILES string of the molecule is CN(C)S(=O)(=O)c1ccc(C(=O)CC2CCCCN2)cc1. The number of benzene rings is 1. The number of rotatable bonds is 5. The number of carbonyl (C=O) groups is 1.